The van der Waals surface area contributed by atoms with Gasteiger partial charge >= 0.3 is 0 Å². The van der Waals surface area contributed by atoms with Crippen molar-refractivity contribution in [2.24, 2.45) is 5.92 Å². The van der Waals surface area contributed by atoms with E-state index < -0.39 is 28.5 Å². The van der Waals surface area contributed by atoms with Crippen LogP contribution in [0, 0.1) is 5.92 Å². The Bertz CT molecular complexity index is 1580. The number of hydrogen-bond donors (Lipinski definition) is 1. The first kappa shape index (κ1) is 31.8. The summed E-state index contributed by atoms with van der Waals surface area (Å²) in [5, 5.41) is 3.53. The van der Waals surface area contributed by atoms with Crippen molar-refractivity contribution in [2.75, 3.05) is 17.4 Å². The van der Waals surface area contributed by atoms with Gasteiger partial charge in [0.25, 0.3) is 10.0 Å². The summed E-state index contributed by atoms with van der Waals surface area (Å²) in [4.78, 5) is 29.7. The van der Waals surface area contributed by atoms with Gasteiger partial charge in [0.05, 0.1) is 10.6 Å². The molecule has 0 unspecified atom stereocenters. The number of carbonyl (C=O) groups excluding carboxylic acids is 2. The molecule has 0 spiro atoms. The summed E-state index contributed by atoms with van der Waals surface area (Å²) >= 11 is 6.13. The third-order valence-corrected chi connectivity index (χ3v) is 8.92. The lowest BCUT2D eigenvalue weighted by atomic mass is 10.0. The molecule has 0 aromatic heterocycles. The first-order chi connectivity index (χ1) is 20.6. The molecular formula is C34H36ClN3O4S. The van der Waals surface area contributed by atoms with E-state index in [0.717, 1.165) is 15.4 Å². The minimum absolute atomic E-state index is 0.0615. The van der Waals surface area contributed by atoms with Crippen molar-refractivity contribution >= 4 is 39.1 Å². The SMILES string of the molecule is CC(C)CNC(=O)[C@H](Cc1ccccc1)N(Cc1ccc(Cl)cc1)C(=O)CN(c1ccccc1)S(=O)(=O)c1ccccc1. The van der Waals surface area contributed by atoms with Crippen molar-refractivity contribution in [1.82, 2.24) is 10.2 Å². The molecule has 1 atom stereocenters. The van der Waals surface area contributed by atoms with E-state index >= 15 is 0 Å². The molecule has 2 amide bonds. The molecule has 9 heteroatoms. The molecule has 0 aliphatic heterocycles. The van der Waals surface area contributed by atoms with Gasteiger partial charge in [0.2, 0.25) is 11.8 Å². The summed E-state index contributed by atoms with van der Waals surface area (Å²) < 4.78 is 28.9. The van der Waals surface area contributed by atoms with Crippen molar-refractivity contribution in [3.63, 3.8) is 0 Å². The van der Waals surface area contributed by atoms with Gasteiger partial charge in [0.1, 0.15) is 12.6 Å². The van der Waals surface area contributed by atoms with Gasteiger partial charge in [-0.3, -0.25) is 13.9 Å². The maximum atomic E-state index is 14.4. The monoisotopic (exact) mass is 617 g/mol. The highest BCUT2D eigenvalue weighted by Gasteiger charge is 2.34. The maximum absolute atomic E-state index is 14.4. The second-order valence-corrected chi connectivity index (χ2v) is 13.0. The lowest BCUT2D eigenvalue weighted by molar-refractivity contribution is -0.140. The number of para-hydroxylation sites is 1. The minimum Gasteiger partial charge on any atom is -0.354 e. The number of hydrogen-bond acceptors (Lipinski definition) is 4. The van der Waals surface area contributed by atoms with Crippen LogP contribution < -0.4 is 9.62 Å². The number of rotatable bonds is 13. The molecule has 0 bridgehead atoms. The molecule has 0 fully saturated rings. The Labute approximate surface area is 259 Å². The van der Waals surface area contributed by atoms with Crippen LogP contribution in [0.1, 0.15) is 25.0 Å². The molecule has 4 aromatic carbocycles. The molecule has 0 radical (unpaired) electrons. The van der Waals surface area contributed by atoms with Gasteiger partial charge in [-0.1, -0.05) is 104 Å². The van der Waals surface area contributed by atoms with Gasteiger partial charge in [-0.15, -0.1) is 0 Å². The number of benzene rings is 4. The van der Waals surface area contributed by atoms with Gasteiger partial charge in [-0.05, 0) is 53.4 Å². The fourth-order valence-corrected chi connectivity index (χ4v) is 6.17. The summed E-state index contributed by atoms with van der Waals surface area (Å²) in [5.74, 6) is -0.623. The van der Waals surface area contributed by atoms with Crippen molar-refractivity contribution in [2.45, 2.75) is 37.8 Å². The van der Waals surface area contributed by atoms with Crippen LogP contribution in [0.4, 0.5) is 5.69 Å². The Morgan fingerprint density at radius 2 is 1.33 bits per heavy atom. The fraction of sp³-hybridized carbons (Fsp3) is 0.235. The Balaban J connectivity index is 1.77. The summed E-state index contributed by atoms with van der Waals surface area (Å²) in [6, 6.07) is 32.1. The van der Waals surface area contributed by atoms with E-state index in [0.29, 0.717) is 17.3 Å². The predicted octanol–water partition coefficient (Wildman–Crippen LogP) is 5.95. The zero-order valence-electron chi connectivity index (χ0n) is 24.3. The van der Waals surface area contributed by atoms with Crippen LogP contribution in [0.2, 0.25) is 5.02 Å². The number of carbonyl (C=O) groups is 2. The third-order valence-electron chi connectivity index (χ3n) is 6.88. The van der Waals surface area contributed by atoms with Crippen LogP contribution in [0.5, 0.6) is 0 Å². The van der Waals surface area contributed by atoms with E-state index in [-0.39, 0.29) is 29.7 Å². The van der Waals surface area contributed by atoms with Gasteiger partial charge in [0, 0.05) is 24.5 Å². The molecule has 43 heavy (non-hydrogen) atoms. The van der Waals surface area contributed by atoms with E-state index in [1.807, 2.05) is 44.2 Å². The average Bonchev–Trinajstić information content (AvgIpc) is 3.02. The van der Waals surface area contributed by atoms with Crippen LogP contribution in [0.3, 0.4) is 0 Å². The number of halogens is 1. The van der Waals surface area contributed by atoms with Crippen LogP contribution in [0.15, 0.2) is 120 Å². The number of nitrogens with one attached hydrogen (secondary N) is 1. The lowest BCUT2D eigenvalue weighted by Crippen LogP contribution is -2.53. The average molecular weight is 618 g/mol. The quantitative estimate of drug-likeness (QED) is 0.201. The zero-order chi connectivity index (χ0) is 30.8. The van der Waals surface area contributed by atoms with Crippen molar-refractivity contribution in [3.8, 4) is 0 Å². The minimum atomic E-state index is -4.12. The van der Waals surface area contributed by atoms with Gasteiger partial charge in [0.15, 0.2) is 0 Å². The first-order valence-corrected chi connectivity index (χ1v) is 16.0. The molecule has 0 saturated carbocycles. The molecule has 7 nitrogen and oxygen atoms in total. The summed E-state index contributed by atoms with van der Waals surface area (Å²) in [6.45, 7) is 4.00. The van der Waals surface area contributed by atoms with Crippen LogP contribution in [-0.4, -0.2) is 44.3 Å². The van der Waals surface area contributed by atoms with E-state index in [2.05, 4.69) is 5.32 Å². The summed E-state index contributed by atoms with van der Waals surface area (Å²) in [7, 11) is -4.12. The third kappa shape index (κ3) is 8.69. The van der Waals surface area contributed by atoms with Crippen LogP contribution in [-0.2, 0) is 32.6 Å². The van der Waals surface area contributed by atoms with Crippen LogP contribution >= 0.6 is 11.6 Å². The lowest BCUT2D eigenvalue weighted by Gasteiger charge is -2.34. The second kappa shape index (κ2) is 14.8. The predicted molar refractivity (Wildman–Crippen MR) is 171 cm³/mol. The maximum Gasteiger partial charge on any atom is 0.264 e. The highest BCUT2D eigenvalue weighted by molar-refractivity contribution is 7.92. The van der Waals surface area contributed by atoms with E-state index in [1.165, 1.54) is 17.0 Å². The molecule has 4 aromatic rings. The van der Waals surface area contributed by atoms with E-state index in [9.17, 15) is 18.0 Å². The first-order valence-electron chi connectivity index (χ1n) is 14.1. The summed E-state index contributed by atoms with van der Waals surface area (Å²) in [6.07, 6.45) is 0.251. The molecule has 0 aliphatic rings. The molecule has 4 rings (SSSR count). The largest absolute Gasteiger partial charge is 0.354 e. The number of anilines is 1. The van der Waals surface area contributed by atoms with Crippen molar-refractivity contribution in [3.05, 3.63) is 131 Å². The fourth-order valence-electron chi connectivity index (χ4n) is 4.61. The van der Waals surface area contributed by atoms with Crippen molar-refractivity contribution in [1.29, 1.82) is 0 Å². The number of amides is 2. The molecule has 0 aliphatic carbocycles. The Kier molecular flexibility index (Phi) is 11.0. The molecule has 0 heterocycles. The second-order valence-electron chi connectivity index (χ2n) is 10.7. The van der Waals surface area contributed by atoms with Gasteiger partial charge in [-0.25, -0.2) is 8.42 Å². The molecular weight excluding hydrogens is 582 g/mol. The molecule has 0 saturated heterocycles. The van der Waals surface area contributed by atoms with E-state index in [1.54, 1.807) is 72.8 Å². The van der Waals surface area contributed by atoms with Gasteiger partial charge < -0.3 is 10.2 Å². The smallest absolute Gasteiger partial charge is 0.264 e. The Hall–Kier alpha value is -4.14. The topological polar surface area (TPSA) is 86.8 Å². The zero-order valence-corrected chi connectivity index (χ0v) is 25.8. The Morgan fingerprint density at radius 1 is 0.767 bits per heavy atom. The van der Waals surface area contributed by atoms with Gasteiger partial charge in [-0.2, -0.15) is 0 Å². The number of nitrogens with zero attached hydrogens (tertiary/aromatic N) is 2. The standard InChI is InChI=1S/C34H36ClN3O4S/c1-26(2)23-36-34(40)32(22-27-12-6-3-7-13-27)37(24-28-18-20-29(35)21-19-28)33(39)25-38(30-14-8-4-9-15-30)43(41,42)31-16-10-5-11-17-31/h3-21,26,32H,22-25H2,1-2H3,(H,36,40)/t32-/m0/s1. The van der Waals surface area contributed by atoms with E-state index in [4.69, 9.17) is 11.6 Å². The normalized spacial score (nSPS) is 12.0. The Morgan fingerprint density at radius 3 is 1.91 bits per heavy atom. The highest BCUT2D eigenvalue weighted by Crippen LogP contribution is 2.25. The molecule has 1 N–H and O–H groups in total. The number of sulfonamides is 1. The molecule has 224 valence electrons. The van der Waals surface area contributed by atoms with Crippen molar-refractivity contribution < 1.29 is 18.0 Å². The summed E-state index contributed by atoms with van der Waals surface area (Å²) in [5.41, 5.74) is 1.97. The highest BCUT2D eigenvalue weighted by atomic mass is 35.5. The van der Waals surface area contributed by atoms with Crippen LogP contribution in [0.25, 0.3) is 0 Å².